The molecule has 1 rings (SSSR count). The molecule has 1 aliphatic heterocycles. The van der Waals surface area contributed by atoms with Crippen LogP contribution < -0.4 is 5.43 Å². The minimum absolute atomic E-state index is 0.772. The molecule has 0 bridgehead atoms. The van der Waals surface area contributed by atoms with Crippen LogP contribution in [0.4, 0.5) is 0 Å². The number of hydrogen-bond donors (Lipinski definition) is 1. The fourth-order valence-electron chi connectivity index (χ4n) is 0.951. The molecule has 1 N–H and O–H groups in total. The van der Waals surface area contributed by atoms with Crippen LogP contribution in [0.5, 0.6) is 0 Å². The SMILES string of the molecule is C=CCN/N=C1/CCCSC1. The summed E-state index contributed by atoms with van der Waals surface area (Å²) in [6, 6.07) is 0. The lowest BCUT2D eigenvalue weighted by Crippen LogP contribution is -2.15. The Morgan fingerprint density at radius 3 is 3.27 bits per heavy atom. The molecule has 11 heavy (non-hydrogen) atoms. The molecule has 1 aliphatic rings. The Labute approximate surface area is 72.1 Å². The first-order valence-electron chi connectivity index (χ1n) is 3.90. The van der Waals surface area contributed by atoms with E-state index in [9.17, 15) is 0 Å². The number of nitrogens with one attached hydrogen (secondary N) is 1. The van der Waals surface area contributed by atoms with Crippen LogP contribution in [-0.2, 0) is 0 Å². The summed E-state index contributed by atoms with van der Waals surface area (Å²) in [5, 5.41) is 4.25. The standard InChI is InChI=1S/C8H14N2S/c1-2-5-9-10-8-4-3-6-11-7-8/h2,9H,1,3-7H2/b10-8-. The lowest BCUT2D eigenvalue weighted by molar-refractivity contribution is 0.812. The second-order valence-corrected chi connectivity index (χ2v) is 3.59. The zero-order chi connectivity index (χ0) is 7.94. The summed E-state index contributed by atoms with van der Waals surface area (Å²) in [5.74, 6) is 2.39. The van der Waals surface area contributed by atoms with Gasteiger partial charge in [0, 0.05) is 11.5 Å². The van der Waals surface area contributed by atoms with Crippen LogP contribution in [0, 0.1) is 0 Å². The first kappa shape index (κ1) is 8.65. The second kappa shape index (κ2) is 5.24. The summed E-state index contributed by atoms with van der Waals surface area (Å²) < 4.78 is 0. The van der Waals surface area contributed by atoms with E-state index in [4.69, 9.17) is 0 Å². The van der Waals surface area contributed by atoms with Crippen molar-refractivity contribution in [2.45, 2.75) is 12.8 Å². The molecule has 1 heterocycles. The molecule has 0 aromatic carbocycles. The highest BCUT2D eigenvalue weighted by atomic mass is 32.2. The van der Waals surface area contributed by atoms with Gasteiger partial charge in [-0.05, 0) is 18.6 Å². The molecule has 0 aliphatic carbocycles. The smallest absolute Gasteiger partial charge is 0.0507 e. The van der Waals surface area contributed by atoms with Gasteiger partial charge in [-0.3, -0.25) is 0 Å². The van der Waals surface area contributed by atoms with Gasteiger partial charge >= 0.3 is 0 Å². The predicted molar refractivity (Wildman–Crippen MR) is 52.2 cm³/mol. The Bertz CT molecular complexity index is 146. The molecule has 0 radical (unpaired) electrons. The van der Waals surface area contributed by atoms with Crippen LogP contribution in [0.3, 0.4) is 0 Å². The van der Waals surface area contributed by atoms with Crippen LogP contribution in [0.2, 0.25) is 0 Å². The van der Waals surface area contributed by atoms with Crippen molar-refractivity contribution in [1.29, 1.82) is 0 Å². The minimum atomic E-state index is 0.772. The number of rotatable bonds is 3. The first-order valence-corrected chi connectivity index (χ1v) is 5.06. The minimum Gasteiger partial charge on any atom is -0.306 e. The number of hydrazone groups is 1. The van der Waals surface area contributed by atoms with Crippen LogP contribution in [-0.4, -0.2) is 23.8 Å². The van der Waals surface area contributed by atoms with Crippen molar-refractivity contribution in [3.05, 3.63) is 12.7 Å². The molecule has 2 nitrogen and oxygen atoms in total. The average Bonchev–Trinajstić information content (AvgIpc) is 2.07. The molecular formula is C8H14N2S. The average molecular weight is 170 g/mol. The maximum atomic E-state index is 4.25. The van der Waals surface area contributed by atoms with E-state index in [0.717, 1.165) is 18.7 Å². The number of hydrogen-bond acceptors (Lipinski definition) is 3. The van der Waals surface area contributed by atoms with Crippen molar-refractivity contribution in [3.63, 3.8) is 0 Å². The summed E-state index contributed by atoms with van der Waals surface area (Å²) in [7, 11) is 0. The zero-order valence-corrected chi connectivity index (χ0v) is 7.49. The monoisotopic (exact) mass is 170 g/mol. The van der Waals surface area contributed by atoms with Crippen LogP contribution in [0.1, 0.15) is 12.8 Å². The van der Waals surface area contributed by atoms with E-state index >= 15 is 0 Å². The van der Waals surface area contributed by atoms with E-state index in [2.05, 4.69) is 17.1 Å². The number of thioether (sulfide) groups is 1. The Morgan fingerprint density at radius 2 is 2.64 bits per heavy atom. The van der Waals surface area contributed by atoms with Gasteiger partial charge in [0.15, 0.2) is 0 Å². The van der Waals surface area contributed by atoms with E-state index < -0.39 is 0 Å². The maximum absolute atomic E-state index is 4.25. The van der Waals surface area contributed by atoms with Gasteiger partial charge in [0.2, 0.25) is 0 Å². The molecule has 0 spiro atoms. The van der Waals surface area contributed by atoms with Gasteiger partial charge in [0.1, 0.15) is 0 Å². The lowest BCUT2D eigenvalue weighted by Gasteiger charge is -2.11. The predicted octanol–water partition coefficient (Wildman–Crippen LogP) is 1.65. The van der Waals surface area contributed by atoms with Crippen molar-refractivity contribution in [3.8, 4) is 0 Å². The molecule has 1 saturated heterocycles. The van der Waals surface area contributed by atoms with Crippen molar-refractivity contribution in [2.24, 2.45) is 5.10 Å². The highest BCUT2D eigenvalue weighted by molar-refractivity contribution is 8.00. The van der Waals surface area contributed by atoms with E-state index in [1.807, 2.05) is 17.8 Å². The fraction of sp³-hybridized carbons (Fsp3) is 0.625. The second-order valence-electron chi connectivity index (χ2n) is 2.49. The van der Waals surface area contributed by atoms with Gasteiger partial charge in [-0.15, -0.1) is 6.58 Å². The molecule has 62 valence electrons. The van der Waals surface area contributed by atoms with E-state index in [0.29, 0.717) is 0 Å². The molecule has 3 heteroatoms. The van der Waals surface area contributed by atoms with Gasteiger partial charge < -0.3 is 5.43 Å². The lowest BCUT2D eigenvalue weighted by atomic mass is 10.2. The zero-order valence-electron chi connectivity index (χ0n) is 6.68. The maximum Gasteiger partial charge on any atom is 0.0507 e. The van der Waals surface area contributed by atoms with Gasteiger partial charge in [-0.1, -0.05) is 6.08 Å². The van der Waals surface area contributed by atoms with Crippen LogP contribution in [0.15, 0.2) is 17.8 Å². The Hall–Kier alpha value is -0.440. The van der Waals surface area contributed by atoms with Gasteiger partial charge in [0.05, 0.1) is 6.54 Å². The number of nitrogens with zero attached hydrogens (tertiary/aromatic N) is 1. The quantitative estimate of drug-likeness (QED) is 0.395. The molecule has 0 aromatic heterocycles. The Morgan fingerprint density at radius 1 is 1.73 bits per heavy atom. The topological polar surface area (TPSA) is 24.4 Å². The fourth-order valence-corrected chi connectivity index (χ4v) is 1.89. The normalized spacial score (nSPS) is 21.6. The molecule has 0 amide bonds. The summed E-state index contributed by atoms with van der Waals surface area (Å²) in [6.45, 7) is 4.38. The summed E-state index contributed by atoms with van der Waals surface area (Å²) in [6.07, 6.45) is 4.26. The molecule has 1 fully saturated rings. The Kier molecular flexibility index (Phi) is 4.12. The van der Waals surface area contributed by atoms with E-state index in [-0.39, 0.29) is 0 Å². The summed E-state index contributed by atoms with van der Waals surface area (Å²) >= 11 is 1.96. The Balaban J connectivity index is 2.20. The van der Waals surface area contributed by atoms with E-state index in [1.54, 1.807) is 0 Å². The largest absolute Gasteiger partial charge is 0.306 e. The van der Waals surface area contributed by atoms with Crippen LogP contribution >= 0.6 is 11.8 Å². The highest BCUT2D eigenvalue weighted by Crippen LogP contribution is 2.13. The van der Waals surface area contributed by atoms with Crippen molar-refractivity contribution >= 4 is 17.5 Å². The van der Waals surface area contributed by atoms with Gasteiger partial charge in [-0.2, -0.15) is 16.9 Å². The summed E-state index contributed by atoms with van der Waals surface area (Å²) in [5.41, 5.74) is 4.26. The van der Waals surface area contributed by atoms with Crippen LogP contribution in [0.25, 0.3) is 0 Å². The third kappa shape index (κ3) is 3.46. The van der Waals surface area contributed by atoms with E-state index in [1.165, 1.54) is 17.9 Å². The highest BCUT2D eigenvalue weighted by Gasteiger charge is 2.05. The van der Waals surface area contributed by atoms with Crippen molar-refractivity contribution in [2.75, 3.05) is 18.1 Å². The summed E-state index contributed by atoms with van der Waals surface area (Å²) in [4.78, 5) is 0. The molecule has 0 saturated carbocycles. The van der Waals surface area contributed by atoms with Gasteiger partial charge in [0.25, 0.3) is 0 Å². The molecule has 0 unspecified atom stereocenters. The van der Waals surface area contributed by atoms with Crippen molar-refractivity contribution < 1.29 is 0 Å². The first-order chi connectivity index (χ1) is 5.43. The van der Waals surface area contributed by atoms with Gasteiger partial charge in [-0.25, -0.2) is 0 Å². The third-order valence-electron chi connectivity index (χ3n) is 1.50. The molecule has 0 atom stereocenters. The third-order valence-corrected chi connectivity index (χ3v) is 2.61. The molecule has 0 aromatic rings. The van der Waals surface area contributed by atoms with Crippen molar-refractivity contribution in [1.82, 2.24) is 5.43 Å². The molecular weight excluding hydrogens is 156 g/mol.